The smallest absolute Gasteiger partial charge is 0.130 e. The molecule has 0 fully saturated rings. The molecule has 0 spiro atoms. The fourth-order valence-electron chi connectivity index (χ4n) is 1.78. The van der Waals surface area contributed by atoms with Gasteiger partial charge in [0.1, 0.15) is 5.75 Å². The SMILES string of the molecule is CC(C)(O)CCOc1cccc2ncc(N)c(N)c12. The van der Waals surface area contributed by atoms with Crippen LogP contribution in [0.3, 0.4) is 0 Å². The first kappa shape index (κ1) is 13.4. The van der Waals surface area contributed by atoms with E-state index in [1.807, 2.05) is 18.2 Å². The number of hydrogen-bond acceptors (Lipinski definition) is 5. The average Bonchev–Trinajstić information content (AvgIpc) is 2.32. The van der Waals surface area contributed by atoms with Crippen LogP contribution in [-0.2, 0) is 0 Å². The van der Waals surface area contributed by atoms with Crippen LogP contribution < -0.4 is 16.2 Å². The fourth-order valence-corrected chi connectivity index (χ4v) is 1.78. The molecule has 0 aliphatic heterocycles. The van der Waals surface area contributed by atoms with Crippen molar-refractivity contribution in [1.82, 2.24) is 4.98 Å². The van der Waals surface area contributed by atoms with Crippen molar-refractivity contribution in [1.29, 1.82) is 0 Å². The van der Waals surface area contributed by atoms with E-state index < -0.39 is 5.60 Å². The lowest BCUT2D eigenvalue weighted by atomic mass is 10.1. The van der Waals surface area contributed by atoms with Crippen LogP contribution in [0.1, 0.15) is 20.3 Å². The Bertz CT molecular complexity index is 591. The van der Waals surface area contributed by atoms with Crippen molar-refractivity contribution in [2.24, 2.45) is 0 Å². The highest BCUT2D eigenvalue weighted by molar-refractivity contribution is 5.99. The van der Waals surface area contributed by atoms with Crippen LogP contribution in [0.2, 0.25) is 0 Å². The molecule has 0 atom stereocenters. The second-order valence-electron chi connectivity index (χ2n) is 5.19. The van der Waals surface area contributed by atoms with Crippen LogP contribution >= 0.6 is 0 Å². The molecule has 0 saturated heterocycles. The van der Waals surface area contributed by atoms with E-state index in [2.05, 4.69) is 4.98 Å². The number of nitrogens with two attached hydrogens (primary N) is 2. The molecule has 1 aromatic heterocycles. The summed E-state index contributed by atoms with van der Waals surface area (Å²) in [6.07, 6.45) is 2.07. The van der Waals surface area contributed by atoms with Crippen molar-refractivity contribution in [3.63, 3.8) is 0 Å². The first-order chi connectivity index (χ1) is 8.88. The van der Waals surface area contributed by atoms with Crippen LogP contribution in [0, 0.1) is 0 Å². The predicted molar refractivity (Wildman–Crippen MR) is 77.0 cm³/mol. The first-order valence-corrected chi connectivity index (χ1v) is 6.16. The zero-order chi connectivity index (χ0) is 14.0. The number of rotatable bonds is 4. The summed E-state index contributed by atoms with van der Waals surface area (Å²) in [7, 11) is 0. The number of aliphatic hydroxyl groups is 1. The van der Waals surface area contributed by atoms with Crippen LogP contribution in [0.15, 0.2) is 24.4 Å². The standard InChI is InChI=1S/C14H19N3O2/c1-14(2,18)6-7-19-11-5-3-4-10-12(11)13(16)9(15)8-17-10/h3-5,8,18H,6-7,15H2,1-2H3,(H2,16,17). The van der Waals surface area contributed by atoms with E-state index >= 15 is 0 Å². The highest BCUT2D eigenvalue weighted by Gasteiger charge is 2.14. The lowest BCUT2D eigenvalue weighted by Crippen LogP contribution is -2.21. The first-order valence-electron chi connectivity index (χ1n) is 6.16. The topological polar surface area (TPSA) is 94.4 Å². The van der Waals surface area contributed by atoms with E-state index in [1.165, 1.54) is 6.20 Å². The van der Waals surface area contributed by atoms with Gasteiger partial charge in [0.25, 0.3) is 0 Å². The summed E-state index contributed by atoms with van der Waals surface area (Å²) >= 11 is 0. The molecule has 0 amide bonds. The van der Waals surface area contributed by atoms with Crippen molar-refractivity contribution in [2.75, 3.05) is 18.1 Å². The minimum atomic E-state index is -0.757. The van der Waals surface area contributed by atoms with E-state index in [-0.39, 0.29) is 0 Å². The summed E-state index contributed by atoms with van der Waals surface area (Å²) in [6.45, 7) is 3.89. The van der Waals surface area contributed by atoms with Gasteiger partial charge in [0, 0.05) is 6.42 Å². The van der Waals surface area contributed by atoms with Crippen molar-refractivity contribution in [3.05, 3.63) is 24.4 Å². The molecule has 1 heterocycles. The monoisotopic (exact) mass is 261 g/mol. The molecule has 5 N–H and O–H groups in total. The Morgan fingerprint density at radius 3 is 2.74 bits per heavy atom. The number of anilines is 2. The molecular weight excluding hydrogens is 242 g/mol. The molecule has 0 radical (unpaired) electrons. The quantitative estimate of drug-likeness (QED) is 0.781. The van der Waals surface area contributed by atoms with E-state index in [0.29, 0.717) is 30.2 Å². The molecule has 19 heavy (non-hydrogen) atoms. The number of nitrogens with zero attached hydrogens (tertiary/aromatic N) is 1. The number of fused-ring (bicyclic) bond motifs is 1. The number of ether oxygens (including phenoxy) is 1. The summed E-state index contributed by atoms with van der Waals surface area (Å²) in [6, 6.07) is 5.53. The Morgan fingerprint density at radius 2 is 2.05 bits per heavy atom. The Hall–Kier alpha value is -2.01. The number of benzene rings is 1. The summed E-state index contributed by atoms with van der Waals surface area (Å²) < 4.78 is 5.70. The molecule has 0 aliphatic rings. The molecular formula is C14H19N3O2. The van der Waals surface area contributed by atoms with E-state index in [4.69, 9.17) is 16.2 Å². The summed E-state index contributed by atoms with van der Waals surface area (Å²) in [5, 5.41) is 10.4. The van der Waals surface area contributed by atoms with Crippen molar-refractivity contribution < 1.29 is 9.84 Å². The van der Waals surface area contributed by atoms with Crippen LogP contribution in [0.4, 0.5) is 11.4 Å². The Morgan fingerprint density at radius 1 is 1.32 bits per heavy atom. The number of hydrogen-bond donors (Lipinski definition) is 3. The molecule has 2 rings (SSSR count). The van der Waals surface area contributed by atoms with Gasteiger partial charge in [0.05, 0.1) is 40.7 Å². The van der Waals surface area contributed by atoms with E-state index in [0.717, 1.165) is 10.9 Å². The van der Waals surface area contributed by atoms with E-state index in [9.17, 15) is 5.11 Å². The average molecular weight is 261 g/mol. The summed E-state index contributed by atoms with van der Waals surface area (Å²) in [5.41, 5.74) is 12.7. The fraction of sp³-hybridized carbons (Fsp3) is 0.357. The largest absolute Gasteiger partial charge is 0.493 e. The third-order valence-corrected chi connectivity index (χ3v) is 2.90. The van der Waals surface area contributed by atoms with Crippen molar-refractivity contribution in [2.45, 2.75) is 25.9 Å². The normalized spacial score (nSPS) is 11.7. The third kappa shape index (κ3) is 3.06. The Labute approximate surface area is 112 Å². The van der Waals surface area contributed by atoms with Gasteiger partial charge >= 0.3 is 0 Å². The van der Waals surface area contributed by atoms with Crippen LogP contribution in [0.5, 0.6) is 5.75 Å². The van der Waals surface area contributed by atoms with Gasteiger partial charge in [-0.15, -0.1) is 0 Å². The molecule has 0 bridgehead atoms. The molecule has 0 aliphatic carbocycles. The Balaban J connectivity index is 2.30. The van der Waals surface area contributed by atoms with Gasteiger partial charge in [-0.25, -0.2) is 0 Å². The molecule has 1 aromatic carbocycles. The minimum absolute atomic E-state index is 0.400. The lowest BCUT2D eigenvalue weighted by Gasteiger charge is -2.18. The highest BCUT2D eigenvalue weighted by atomic mass is 16.5. The van der Waals surface area contributed by atoms with Crippen molar-refractivity contribution >= 4 is 22.3 Å². The van der Waals surface area contributed by atoms with Gasteiger partial charge < -0.3 is 21.3 Å². The second kappa shape index (κ2) is 4.93. The van der Waals surface area contributed by atoms with Gasteiger partial charge in [0.15, 0.2) is 0 Å². The summed E-state index contributed by atoms with van der Waals surface area (Å²) in [5.74, 6) is 0.638. The Kier molecular flexibility index (Phi) is 3.48. The highest BCUT2D eigenvalue weighted by Crippen LogP contribution is 2.32. The molecule has 5 heteroatoms. The van der Waals surface area contributed by atoms with Gasteiger partial charge in [-0.05, 0) is 26.0 Å². The molecule has 2 aromatic rings. The number of pyridine rings is 1. The predicted octanol–water partition coefficient (Wildman–Crippen LogP) is 1.94. The maximum Gasteiger partial charge on any atom is 0.130 e. The summed E-state index contributed by atoms with van der Waals surface area (Å²) in [4.78, 5) is 4.22. The minimum Gasteiger partial charge on any atom is -0.493 e. The van der Waals surface area contributed by atoms with Crippen LogP contribution in [0.25, 0.3) is 10.9 Å². The lowest BCUT2D eigenvalue weighted by molar-refractivity contribution is 0.0555. The van der Waals surface area contributed by atoms with Gasteiger partial charge in [0.2, 0.25) is 0 Å². The van der Waals surface area contributed by atoms with E-state index in [1.54, 1.807) is 13.8 Å². The number of aromatic nitrogens is 1. The molecule has 102 valence electrons. The van der Waals surface area contributed by atoms with Gasteiger partial charge in [-0.2, -0.15) is 0 Å². The molecule has 0 saturated carbocycles. The van der Waals surface area contributed by atoms with Crippen LogP contribution in [-0.4, -0.2) is 22.3 Å². The zero-order valence-electron chi connectivity index (χ0n) is 11.2. The van der Waals surface area contributed by atoms with Crippen molar-refractivity contribution in [3.8, 4) is 5.75 Å². The maximum absolute atomic E-state index is 9.67. The zero-order valence-corrected chi connectivity index (χ0v) is 11.2. The second-order valence-corrected chi connectivity index (χ2v) is 5.19. The van der Waals surface area contributed by atoms with Gasteiger partial charge in [-0.3, -0.25) is 4.98 Å². The maximum atomic E-state index is 9.67. The molecule has 5 nitrogen and oxygen atoms in total. The third-order valence-electron chi connectivity index (χ3n) is 2.90. The molecule has 0 unspecified atom stereocenters. The van der Waals surface area contributed by atoms with Gasteiger partial charge in [-0.1, -0.05) is 6.07 Å². The number of nitrogen functional groups attached to an aromatic ring is 2.